The van der Waals surface area contributed by atoms with Crippen molar-refractivity contribution in [1.29, 1.82) is 0 Å². The van der Waals surface area contributed by atoms with Crippen LogP contribution in [0.3, 0.4) is 0 Å². The molecule has 5 heteroatoms. The third kappa shape index (κ3) is 4.00. The molecule has 0 bridgehead atoms. The number of benzene rings is 2. The second-order valence-electron chi connectivity index (χ2n) is 6.29. The van der Waals surface area contributed by atoms with Gasteiger partial charge in [-0.15, -0.1) is 0 Å². The van der Waals surface area contributed by atoms with E-state index in [4.69, 9.17) is 0 Å². The minimum atomic E-state index is -0.712. The van der Waals surface area contributed by atoms with Crippen LogP contribution in [-0.2, 0) is 0 Å². The maximum atomic E-state index is 12.9. The van der Waals surface area contributed by atoms with Crippen LogP contribution in [-0.4, -0.2) is 38.6 Å². The Balaban J connectivity index is 1.76. The van der Waals surface area contributed by atoms with E-state index in [1.165, 1.54) is 0 Å². The van der Waals surface area contributed by atoms with Crippen LogP contribution in [0.1, 0.15) is 34.5 Å². The molecule has 0 fully saturated rings. The van der Waals surface area contributed by atoms with E-state index >= 15 is 0 Å². The van der Waals surface area contributed by atoms with Gasteiger partial charge in [0.1, 0.15) is 0 Å². The summed E-state index contributed by atoms with van der Waals surface area (Å²) in [6, 6.07) is 15.1. The molecule has 0 aliphatic carbocycles. The molecule has 0 aliphatic rings. The van der Waals surface area contributed by atoms with Gasteiger partial charge in [-0.05, 0) is 37.6 Å². The molecule has 0 saturated heterocycles. The molecule has 1 amide bonds. The monoisotopic (exact) mass is 349 g/mol. The van der Waals surface area contributed by atoms with E-state index in [1.54, 1.807) is 23.5 Å². The minimum Gasteiger partial charge on any atom is -0.387 e. The van der Waals surface area contributed by atoms with Crippen molar-refractivity contribution in [2.24, 2.45) is 0 Å². The van der Waals surface area contributed by atoms with Gasteiger partial charge in [0.25, 0.3) is 5.91 Å². The van der Waals surface area contributed by atoms with E-state index in [9.17, 15) is 9.90 Å². The SMILES string of the molecule is CCN(CC(O)c1ccc(C)cc1)C(=O)c1cccc(-n2ccnc2)c1. The number of carbonyl (C=O) groups excluding carboxylic acids is 1. The molecular formula is C21H23N3O2. The Morgan fingerprint density at radius 2 is 2.00 bits per heavy atom. The van der Waals surface area contributed by atoms with Crippen molar-refractivity contribution in [3.05, 3.63) is 83.9 Å². The van der Waals surface area contributed by atoms with Gasteiger partial charge in [-0.3, -0.25) is 4.79 Å². The third-order valence-corrected chi connectivity index (χ3v) is 4.42. The number of hydrogen-bond donors (Lipinski definition) is 1. The number of hydrogen-bond acceptors (Lipinski definition) is 3. The number of aliphatic hydroxyl groups is 1. The topological polar surface area (TPSA) is 58.4 Å². The highest BCUT2D eigenvalue weighted by Crippen LogP contribution is 2.18. The molecule has 26 heavy (non-hydrogen) atoms. The molecule has 1 atom stereocenters. The Kier molecular flexibility index (Phi) is 5.49. The number of likely N-dealkylation sites (N-methyl/N-ethyl adjacent to an activating group) is 1. The van der Waals surface area contributed by atoms with Gasteiger partial charge in [0.05, 0.1) is 19.0 Å². The number of aliphatic hydroxyl groups excluding tert-OH is 1. The Bertz CT molecular complexity index is 857. The first kappa shape index (κ1) is 17.9. The lowest BCUT2D eigenvalue weighted by Gasteiger charge is -2.24. The molecule has 0 aliphatic heterocycles. The first-order valence-electron chi connectivity index (χ1n) is 8.70. The fourth-order valence-corrected chi connectivity index (χ4v) is 2.85. The molecular weight excluding hydrogens is 326 g/mol. The molecule has 0 spiro atoms. The van der Waals surface area contributed by atoms with Crippen LogP contribution in [0.15, 0.2) is 67.3 Å². The van der Waals surface area contributed by atoms with Gasteiger partial charge in [0.2, 0.25) is 0 Å². The fraction of sp³-hybridized carbons (Fsp3) is 0.238. The van der Waals surface area contributed by atoms with Gasteiger partial charge in [-0.2, -0.15) is 0 Å². The summed E-state index contributed by atoms with van der Waals surface area (Å²) in [4.78, 5) is 18.6. The Morgan fingerprint density at radius 3 is 2.65 bits per heavy atom. The summed E-state index contributed by atoms with van der Waals surface area (Å²) in [5.74, 6) is -0.0966. The van der Waals surface area contributed by atoms with E-state index in [0.29, 0.717) is 12.1 Å². The molecule has 2 aromatic carbocycles. The molecule has 1 aromatic heterocycles. The van der Waals surface area contributed by atoms with E-state index in [1.807, 2.05) is 67.1 Å². The van der Waals surface area contributed by atoms with Crippen molar-refractivity contribution in [1.82, 2.24) is 14.5 Å². The number of aromatic nitrogens is 2. The van der Waals surface area contributed by atoms with Crippen molar-refractivity contribution in [3.8, 4) is 5.69 Å². The highest BCUT2D eigenvalue weighted by Gasteiger charge is 2.19. The first-order valence-corrected chi connectivity index (χ1v) is 8.70. The molecule has 0 radical (unpaired) electrons. The maximum absolute atomic E-state index is 12.9. The highest BCUT2D eigenvalue weighted by molar-refractivity contribution is 5.94. The Morgan fingerprint density at radius 1 is 1.23 bits per heavy atom. The van der Waals surface area contributed by atoms with Gasteiger partial charge in [-0.25, -0.2) is 4.98 Å². The summed E-state index contributed by atoms with van der Waals surface area (Å²) < 4.78 is 1.86. The maximum Gasteiger partial charge on any atom is 0.254 e. The molecule has 3 rings (SSSR count). The van der Waals surface area contributed by atoms with E-state index in [-0.39, 0.29) is 12.5 Å². The highest BCUT2D eigenvalue weighted by atomic mass is 16.3. The zero-order chi connectivity index (χ0) is 18.5. The van der Waals surface area contributed by atoms with Crippen LogP contribution >= 0.6 is 0 Å². The molecule has 3 aromatic rings. The summed E-state index contributed by atoms with van der Waals surface area (Å²) >= 11 is 0. The van der Waals surface area contributed by atoms with Gasteiger partial charge >= 0.3 is 0 Å². The van der Waals surface area contributed by atoms with E-state index in [2.05, 4.69) is 4.98 Å². The Hall–Kier alpha value is -2.92. The number of carbonyl (C=O) groups is 1. The van der Waals surface area contributed by atoms with Gasteiger partial charge in [-0.1, -0.05) is 35.9 Å². The Labute approximate surface area is 153 Å². The fourth-order valence-electron chi connectivity index (χ4n) is 2.85. The van der Waals surface area contributed by atoms with Crippen molar-refractivity contribution in [2.45, 2.75) is 20.0 Å². The average Bonchev–Trinajstić information content (AvgIpc) is 3.21. The van der Waals surface area contributed by atoms with E-state index < -0.39 is 6.10 Å². The third-order valence-electron chi connectivity index (χ3n) is 4.42. The first-order chi connectivity index (χ1) is 12.6. The second kappa shape index (κ2) is 7.97. The van der Waals surface area contributed by atoms with E-state index in [0.717, 1.165) is 16.8 Å². The van der Waals surface area contributed by atoms with Crippen LogP contribution in [0.25, 0.3) is 5.69 Å². The van der Waals surface area contributed by atoms with Crippen molar-refractivity contribution < 1.29 is 9.90 Å². The number of aryl methyl sites for hydroxylation is 1. The van der Waals surface area contributed by atoms with Crippen LogP contribution in [0.2, 0.25) is 0 Å². The lowest BCUT2D eigenvalue weighted by Crippen LogP contribution is -2.34. The quantitative estimate of drug-likeness (QED) is 0.742. The van der Waals surface area contributed by atoms with Crippen LogP contribution in [0, 0.1) is 6.92 Å². The number of amides is 1. The lowest BCUT2D eigenvalue weighted by molar-refractivity contribution is 0.0635. The summed E-state index contributed by atoms with van der Waals surface area (Å²) in [5, 5.41) is 10.5. The standard InChI is InChI=1S/C21H23N3O2/c1-3-23(14-20(25)17-9-7-16(2)8-10-17)21(26)18-5-4-6-19(13-18)24-12-11-22-15-24/h4-13,15,20,25H,3,14H2,1-2H3. The smallest absolute Gasteiger partial charge is 0.254 e. The number of imidazole rings is 1. The van der Waals surface area contributed by atoms with Crippen molar-refractivity contribution in [2.75, 3.05) is 13.1 Å². The minimum absolute atomic E-state index is 0.0966. The van der Waals surface area contributed by atoms with Crippen LogP contribution in [0.4, 0.5) is 0 Å². The van der Waals surface area contributed by atoms with Crippen molar-refractivity contribution in [3.63, 3.8) is 0 Å². The molecule has 0 saturated carbocycles. The lowest BCUT2D eigenvalue weighted by atomic mass is 10.1. The predicted octanol–water partition coefficient (Wildman–Crippen LogP) is 3.38. The second-order valence-corrected chi connectivity index (χ2v) is 6.29. The summed E-state index contributed by atoms with van der Waals surface area (Å²) in [6.07, 6.45) is 4.52. The number of rotatable bonds is 6. The normalized spacial score (nSPS) is 12.0. The molecule has 5 nitrogen and oxygen atoms in total. The molecule has 1 unspecified atom stereocenters. The summed E-state index contributed by atoms with van der Waals surface area (Å²) in [6.45, 7) is 4.70. The van der Waals surface area contributed by atoms with Crippen LogP contribution < -0.4 is 0 Å². The molecule has 1 heterocycles. The van der Waals surface area contributed by atoms with Gasteiger partial charge in [0, 0.05) is 30.2 Å². The number of nitrogens with zero attached hydrogens (tertiary/aromatic N) is 3. The zero-order valence-electron chi connectivity index (χ0n) is 15.0. The van der Waals surface area contributed by atoms with Crippen molar-refractivity contribution >= 4 is 5.91 Å². The molecule has 1 N–H and O–H groups in total. The average molecular weight is 349 g/mol. The van der Waals surface area contributed by atoms with Gasteiger partial charge < -0.3 is 14.6 Å². The molecule has 134 valence electrons. The largest absolute Gasteiger partial charge is 0.387 e. The van der Waals surface area contributed by atoms with Gasteiger partial charge in [0.15, 0.2) is 0 Å². The summed E-state index contributed by atoms with van der Waals surface area (Å²) in [7, 11) is 0. The summed E-state index contributed by atoms with van der Waals surface area (Å²) in [5.41, 5.74) is 3.42. The predicted molar refractivity (Wildman–Crippen MR) is 101 cm³/mol. The zero-order valence-corrected chi connectivity index (χ0v) is 15.0. The van der Waals surface area contributed by atoms with Crippen LogP contribution in [0.5, 0.6) is 0 Å².